The van der Waals surface area contributed by atoms with E-state index in [4.69, 9.17) is 4.43 Å². The van der Waals surface area contributed by atoms with E-state index >= 15 is 4.39 Å². The number of hydrogen-bond donors (Lipinski definition) is 2. The third-order valence-corrected chi connectivity index (χ3v) is 15.5. The summed E-state index contributed by atoms with van der Waals surface area (Å²) in [5.41, 5.74) is -4.98. The molecule has 2 N–H and O–H groups in total. The van der Waals surface area contributed by atoms with Crippen molar-refractivity contribution in [2.75, 3.05) is 6.61 Å². The molecule has 0 radical (unpaired) electrons. The van der Waals surface area contributed by atoms with Crippen molar-refractivity contribution in [2.24, 2.45) is 28.6 Å². The summed E-state index contributed by atoms with van der Waals surface area (Å²) in [7, 11) is -2.21. The summed E-state index contributed by atoms with van der Waals surface area (Å²) < 4.78 is 23.4. The van der Waals surface area contributed by atoms with E-state index in [1.54, 1.807) is 13.0 Å². The van der Waals surface area contributed by atoms with Crippen LogP contribution in [0.15, 0.2) is 23.8 Å². The summed E-state index contributed by atoms with van der Waals surface area (Å²) in [6.07, 6.45) is 4.74. The summed E-state index contributed by atoms with van der Waals surface area (Å²) in [5.74, 6) is -1.68. The quantitative estimate of drug-likeness (QED) is 0.529. The van der Waals surface area contributed by atoms with Gasteiger partial charge in [-0.1, -0.05) is 46.3 Å². The third-order valence-electron chi connectivity index (χ3n) is 11.0. The molecular weight excluding hydrogens is 463 g/mol. The highest BCUT2D eigenvalue weighted by Gasteiger charge is 2.75. The van der Waals surface area contributed by atoms with Gasteiger partial charge in [-0.15, -0.1) is 0 Å². The number of allylic oxidation sites excluding steroid dienone is 4. The van der Waals surface area contributed by atoms with Crippen molar-refractivity contribution < 1.29 is 28.6 Å². The average Bonchev–Trinajstić information content (AvgIpc) is 2.94. The Labute approximate surface area is 210 Å². The molecule has 7 heteroatoms. The lowest BCUT2D eigenvalue weighted by Crippen LogP contribution is -2.69. The van der Waals surface area contributed by atoms with Gasteiger partial charge in [0.2, 0.25) is 0 Å². The number of carbonyl (C=O) groups is 2. The fourth-order valence-electron chi connectivity index (χ4n) is 7.71. The zero-order valence-corrected chi connectivity index (χ0v) is 23.6. The number of alkyl halides is 1. The molecular formula is C28H43FO5Si. The molecule has 35 heavy (non-hydrogen) atoms. The Hall–Kier alpha value is -1.15. The number of ketones is 2. The summed E-state index contributed by atoms with van der Waals surface area (Å²) in [6, 6.07) is 0. The summed E-state index contributed by atoms with van der Waals surface area (Å²) in [5, 5.41) is 23.5. The molecule has 196 valence electrons. The van der Waals surface area contributed by atoms with Gasteiger partial charge in [-0.3, -0.25) is 9.59 Å². The van der Waals surface area contributed by atoms with Crippen LogP contribution in [0.4, 0.5) is 4.39 Å². The topological polar surface area (TPSA) is 83.8 Å². The van der Waals surface area contributed by atoms with Crippen molar-refractivity contribution in [3.05, 3.63) is 23.8 Å². The molecule has 3 fully saturated rings. The first kappa shape index (κ1) is 26.9. The van der Waals surface area contributed by atoms with Gasteiger partial charge in [0.25, 0.3) is 0 Å². The summed E-state index contributed by atoms with van der Waals surface area (Å²) in [6.45, 7) is 15.8. The van der Waals surface area contributed by atoms with E-state index in [1.807, 2.05) is 13.8 Å². The van der Waals surface area contributed by atoms with Crippen LogP contribution < -0.4 is 0 Å². The van der Waals surface area contributed by atoms with E-state index in [1.165, 1.54) is 12.2 Å². The Kier molecular flexibility index (Phi) is 6.09. The molecule has 0 saturated heterocycles. The molecule has 3 saturated carbocycles. The van der Waals surface area contributed by atoms with E-state index in [-0.39, 0.29) is 41.5 Å². The van der Waals surface area contributed by atoms with Crippen molar-refractivity contribution in [1.82, 2.24) is 0 Å². The maximum absolute atomic E-state index is 17.2. The van der Waals surface area contributed by atoms with Gasteiger partial charge < -0.3 is 14.6 Å². The molecule has 4 rings (SSSR count). The highest BCUT2D eigenvalue weighted by Crippen LogP contribution is 2.70. The molecule has 0 unspecified atom stereocenters. The second-order valence-corrected chi connectivity index (χ2v) is 18.4. The van der Waals surface area contributed by atoms with E-state index in [0.29, 0.717) is 19.3 Å². The van der Waals surface area contributed by atoms with Gasteiger partial charge in [-0.25, -0.2) is 4.39 Å². The molecule has 0 aromatic carbocycles. The minimum atomic E-state index is -2.21. The zero-order chi connectivity index (χ0) is 26.4. The number of rotatable bonds is 4. The monoisotopic (exact) mass is 506 g/mol. The predicted octanol–water partition coefficient (Wildman–Crippen LogP) is 4.93. The summed E-state index contributed by atoms with van der Waals surface area (Å²) in [4.78, 5) is 25.7. The Morgan fingerprint density at radius 1 is 1.26 bits per heavy atom. The van der Waals surface area contributed by atoms with E-state index in [2.05, 4.69) is 33.9 Å². The second kappa shape index (κ2) is 7.92. The SMILES string of the molecule is C[C@@H]1C[C@H]2[C@@H]3CCC4=CC(=O)C=C[C@]4(C)[C@@]3(F)[C@@H](O)C[C@]2(C)[C@@]1(O)C(=O)CO[Si](C)(C)C(C)(C)C. The number of hydrogen-bond acceptors (Lipinski definition) is 5. The standard InChI is InChI=1S/C28H43FO5Si/c1-17-13-21-20-10-9-18-14-19(30)11-12-25(18,5)27(20,29)22(31)15-26(21,6)28(17,33)23(32)16-34-35(7,8)24(2,3)4/h11-12,14,17,20-22,31,33H,9-10,13,15-16H2,1-8H3/t17-,20+,21+,22+,25+,26+,27+,28+/m1/s1. The zero-order valence-electron chi connectivity index (χ0n) is 22.6. The van der Waals surface area contributed by atoms with Crippen LogP contribution in [0.1, 0.15) is 67.2 Å². The van der Waals surface area contributed by atoms with Gasteiger partial charge in [-0.05, 0) is 74.7 Å². The molecule has 0 spiro atoms. The lowest BCUT2D eigenvalue weighted by atomic mass is 9.44. The molecule has 4 aliphatic rings. The maximum Gasteiger partial charge on any atom is 0.192 e. The van der Waals surface area contributed by atoms with E-state index < -0.39 is 42.4 Å². The fraction of sp³-hybridized carbons (Fsp3) is 0.786. The van der Waals surface area contributed by atoms with Crippen molar-refractivity contribution in [1.29, 1.82) is 0 Å². The first-order valence-electron chi connectivity index (χ1n) is 13.1. The molecule has 0 bridgehead atoms. The average molecular weight is 507 g/mol. The van der Waals surface area contributed by atoms with Crippen LogP contribution in [0.3, 0.4) is 0 Å². The molecule has 5 nitrogen and oxygen atoms in total. The van der Waals surface area contributed by atoms with Gasteiger partial charge in [-0.2, -0.15) is 0 Å². The van der Waals surface area contributed by atoms with Crippen molar-refractivity contribution in [3.63, 3.8) is 0 Å². The van der Waals surface area contributed by atoms with E-state index in [0.717, 1.165) is 5.57 Å². The highest BCUT2D eigenvalue weighted by molar-refractivity contribution is 6.74. The van der Waals surface area contributed by atoms with Crippen molar-refractivity contribution in [3.8, 4) is 0 Å². The van der Waals surface area contributed by atoms with Crippen LogP contribution in [0.5, 0.6) is 0 Å². The number of fused-ring (bicyclic) bond motifs is 5. The Bertz CT molecular complexity index is 998. The minimum absolute atomic E-state index is 0.0119. The van der Waals surface area contributed by atoms with Crippen LogP contribution in [-0.2, 0) is 14.0 Å². The molecule has 0 amide bonds. The highest BCUT2D eigenvalue weighted by atomic mass is 28.4. The van der Waals surface area contributed by atoms with E-state index in [9.17, 15) is 19.8 Å². The molecule has 0 aliphatic heterocycles. The largest absolute Gasteiger partial charge is 0.409 e. The normalized spacial score (nSPS) is 45.5. The number of aliphatic hydroxyl groups is 2. The smallest absolute Gasteiger partial charge is 0.192 e. The van der Waals surface area contributed by atoms with Crippen molar-refractivity contribution >= 4 is 19.9 Å². The van der Waals surface area contributed by atoms with Crippen LogP contribution in [0, 0.1) is 28.6 Å². The Morgan fingerprint density at radius 3 is 2.49 bits per heavy atom. The first-order valence-corrected chi connectivity index (χ1v) is 16.0. The van der Waals surface area contributed by atoms with Crippen LogP contribution >= 0.6 is 0 Å². The van der Waals surface area contributed by atoms with Crippen LogP contribution in [0.25, 0.3) is 0 Å². The van der Waals surface area contributed by atoms with Gasteiger partial charge in [0.05, 0.1) is 12.7 Å². The second-order valence-electron chi connectivity index (χ2n) is 13.6. The fourth-order valence-corrected chi connectivity index (χ4v) is 8.64. The Morgan fingerprint density at radius 2 is 1.89 bits per heavy atom. The number of halogens is 1. The minimum Gasteiger partial charge on any atom is -0.409 e. The predicted molar refractivity (Wildman–Crippen MR) is 136 cm³/mol. The molecule has 0 aromatic rings. The number of aliphatic hydroxyl groups excluding tert-OH is 1. The van der Waals surface area contributed by atoms with Crippen LogP contribution in [-0.4, -0.2) is 54.1 Å². The lowest BCUT2D eigenvalue weighted by molar-refractivity contribution is -0.219. The summed E-state index contributed by atoms with van der Waals surface area (Å²) >= 11 is 0. The lowest BCUT2D eigenvalue weighted by Gasteiger charge is -2.62. The Balaban J connectivity index is 1.69. The number of Topliss-reactive ketones (excluding diaryl/α,β-unsaturated/α-hetero) is 1. The molecule has 8 atom stereocenters. The van der Waals surface area contributed by atoms with Crippen LogP contribution in [0.2, 0.25) is 18.1 Å². The first-order chi connectivity index (χ1) is 15.9. The number of carbonyl (C=O) groups excluding carboxylic acids is 2. The van der Waals surface area contributed by atoms with Gasteiger partial charge in [0, 0.05) is 16.7 Å². The van der Waals surface area contributed by atoms with Gasteiger partial charge in [0.15, 0.2) is 25.6 Å². The van der Waals surface area contributed by atoms with Gasteiger partial charge in [0.1, 0.15) is 5.60 Å². The third kappa shape index (κ3) is 3.40. The molecule has 0 heterocycles. The maximum atomic E-state index is 17.2. The van der Waals surface area contributed by atoms with Crippen molar-refractivity contribution in [2.45, 2.75) is 103 Å². The molecule has 0 aromatic heterocycles. The van der Waals surface area contributed by atoms with Gasteiger partial charge >= 0.3 is 0 Å². The molecule has 4 aliphatic carbocycles.